The summed E-state index contributed by atoms with van der Waals surface area (Å²) in [6, 6.07) is 1.46. The van der Waals surface area contributed by atoms with E-state index < -0.39 is 5.97 Å². The Bertz CT molecular complexity index is 559. The molecule has 0 aliphatic carbocycles. The van der Waals surface area contributed by atoms with Gasteiger partial charge in [0, 0.05) is 25.5 Å². The summed E-state index contributed by atoms with van der Waals surface area (Å²) in [5.74, 6) is -1.22. The number of hydrogen-bond acceptors (Lipinski definition) is 4. The van der Waals surface area contributed by atoms with Crippen LogP contribution in [0.1, 0.15) is 16.1 Å². The van der Waals surface area contributed by atoms with Gasteiger partial charge in [-0.2, -0.15) is 0 Å². The lowest BCUT2D eigenvalue weighted by atomic mass is 10.2. The summed E-state index contributed by atoms with van der Waals surface area (Å²) < 4.78 is 6.82. The summed E-state index contributed by atoms with van der Waals surface area (Å²) in [7, 11) is 0. The van der Waals surface area contributed by atoms with E-state index in [0.717, 1.165) is 0 Å². The van der Waals surface area contributed by atoms with Gasteiger partial charge in [-0.3, -0.25) is 9.59 Å². The molecule has 0 unspecified atom stereocenters. The van der Waals surface area contributed by atoms with Crippen LogP contribution in [0, 0.1) is 0 Å². The van der Waals surface area contributed by atoms with Crippen LogP contribution in [0.5, 0.6) is 0 Å². The Morgan fingerprint density at radius 1 is 1.47 bits per heavy atom. The second-order valence-corrected chi connectivity index (χ2v) is 3.88. The van der Waals surface area contributed by atoms with Crippen molar-refractivity contribution in [3.63, 3.8) is 0 Å². The van der Waals surface area contributed by atoms with Gasteiger partial charge in [0.1, 0.15) is 12.2 Å². The molecule has 0 aromatic carbocycles. The highest BCUT2D eigenvalue weighted by Crippen LogP contribution is 2.11. The van der Waals surface area contributed by atoms with Gasteiger partial charge in [0.05, 0.1) is 18.2 Å². The van der Waals surface area contributed by atoms with Crippen molar-refractivity contribution >= 4 is 11.9 Å². The zero-order valence-corrected chi connectivity index (χ0v) is 10.1. The Kier molecular flexibility index (Phi) is 3.97. The number of nitrogens with zero attached hydrogens (tertiary/aromatic N) is 2. The number of furan rings is 1. The molecule has 0 radical (unpaired) electrons. The monoisotopic (exact) mass is 263 g/mol. The summed E-state index contributed by atoms with van der Waals surface area (Å²) in [6.07, 6.45) is 6.10. The molecule has 0 saturated carbocycles. The SMILES string of the molecule is O=C(O)Cc1occc1C(=O)NCCn1ccnc1. The van der Waals surface area contributed by atoms with Crippen molar-refractivity contribution in [3.8, 4) is 0 Å². The molecule has 2 aromatic heterocycles. The van der Waals surface area contributed by atoms with Crippen LogP contribution in [-0.4, -0.2) is 33.1 Å². The number of aromatic nitrogens is 2. The van der Waals surface area contributed by atoms with Crippen LogP contribution in [0.25, 0.3) is 0 Å². The molecule has 7 nitrogen and oxygen atoms in total. The second kappa shape index (κ2) is 5.85. The van der Waals surface area contributed by atoms with E-state index in [9.17, 15) is 9.59 Å². The minimum atomic E-state index is -1.04. The van der Waals surface area contributed by atoms with Crippen LogP contribution >= 0.6 is 0 Å². The van der Waals surface area contributed by atoms with Crippen LogP contribution in [0.2, 0.25) is 0 Å². The molecule has 7 heteroatoms. The molecule has 1 amide bonds. The fraction of sp³-hybridized carbons (Fsp3) is 0.250. The van der Waals surface area contributed by atoms with Crippen molar-refractivity contribution in [2.24, 2.45) is 0 Å². The smallest absolute Gasteiger partial charge is 0.311 e. The maximum Gasteiger partial charge on any atom is 0.311 e. The highest BCUT2D eigenvalue weighted by Gasteiger charge is 2.16. The molecule has 0 aliphatic rings. The minimum Gasteiger partial charge on any atom is -0.481 e. The third-order valence-electron chi connectivity index (χ3n) is 2.52. The quantitative estimate of drug-likeness (QED) is 0.792. The Morgan fingerprint density at radius 3 is 3.00 bits per heavy atom. The number of nitrogens with one attached hydrogen (secondary N) is 1. The van der Waals surface area contributed by atoms with Crippen molar-refractivity contribution in [2.45, 2.75) is 13.0 Å². The molecule has 0 bridgehead atoms. The largest absolute Gasteiger partial charge is 0.481 e. The van der Waals surface area contributed by atoms with Crippen LogP contribution in [0.3, 0.4) is 0 Å². The second-order valence-electron chi connectivity index (χ2n) is 3.88. The van der Waals surface area contributed by atoms with E-state index in [1.165, 1.54) is 12.3 Å². The lowest BCUT2D eigenvalue weighted by Gasteiger charge is -2.05. The molecule has 2 rings (SSSR count). The Balaban J connectivity index is 1.89. The average Bonchev–Trinajstić information content (AvgIpc) is 2.99. The van der Waals surface area contributed by atoms with Gasteiger partial charge < -0.3 is 19.4 Å². The van der Waals surface area contributed by atoms with E-state index in [4.69, 9.17) is 9.52 Å². The molecular weight excluding hydrogens is 250 g/mol. The molecule has 2 heterocycles. The lowest BCUT2D eigenvalue weighted by molar-refractivity contribution is -0.136. The van der Waals surface area contributed by atoms with E-state index in [1.54, 1.807) is 18.7 Å². The Labute approximate surface area is 108 Å². The molecule has 2 aromatic rings. The zero-order chi connectivity index (χ0) is 13.7. The molecular formula is C12H13N3O4. The maximum atomic E-state index is 11.8. The van der Waals surface area contributed by atoms with Gasteiger partial charge in [-0.25, -0.2) is 4.98 Å². The topological polar surface area (TPSA) is 97.4 Å². The standard InChI is InChI=1S/C12H13N3O4/c16-11(17)7-10-9(1-6-19-10)12(18)14-3-5-15-4-2-13-8-15/h1-2,4,6,8H,3,5,7H2,(H,14,18)(H,16,17). The predicted molar refractivity (Wildman–Crippen MR) is 64.6 cm³/mol. The first-order valence-electron chi connectivity index (χ1n) is 5.69. The number of carbonyl (C=O) groups is 2. The summed E-state index contributed by atoms with van der Waals surface area (Å²) >= 11 is 0. The number of hydrogen-bond donors (Lipinski definition) is 2. The van der Waals surface area contributed by atoms with E-state index >= 15 is 0 Å². The summed E-state index contributed by atoms with van der Waals surface area (Å²) in [4.78, 5) is 26.3. The average molecular weight is 263 g/mol. The highest BCUT2D eigenvalue weighted by molar-refractivity contribution is 5.95. The maximum absolute atomic E-state index is 11.8. The van der Waals surface area contributed by atoms with Gasteiger partial charge in [0.15, 0.2) is 0 Å². The van der Waals surface area contributed by atoms with Crippen molar-refractivity contribution < 1.29 is 19.1 Å². The summed E-state index contributed by atoms with van der Waals surface area (Å²) in [5, 5.41) is 11.4. The first-order chi connectivity index (χ1) is 9.16. The normalized spacial score (nSPS) is 10.3. The molecule has 19 heavy (non-hydrogen) atoms. The zero-order valence-electron chi connectivity index (χ0n) is 10.1. The molecule has 0 fully saturated rings. The number of rotatable bonds is 6. The summed E-state index contributed by atoms with van der Waals surface area (Å²) in [5.41, 5.74) is 0.257. The number of carboxylic acids is 1. The van der Waals surface area contributed by atoms with E-state index in [2.05, 4.69) is 10.3 Å². The third-order valence-corrected chi connectivity index (χ3v) is 2.52. The van der Waals surface area contributed by atoms with Gasteiger partial charge in [0.2, 0.25) is 0 Å². The molecule has 2 N–H and O–H groups in total. The molecule has 0 atom stereocenters. The van der Waals surface area contributed by atoms with E-state index in [-0.39, 0.29) is 23.7 Å². The van der Waals surface area contributed by atoms with Gasteiger partial charge in [0.25, 0.3) is 5.91 Å². The first kappa shape index (κ1) is 12.9. The Hall–Kier alpha value is -2.57. The van der Waals surface area contributed by atoms with Crippen LogP contribution in [0.4, 0.5) is 0 Å². The van der Waals surface area contributed by atoms with Crippen molar-refractivity contribution in [3.05, 3.63) is 42.4 Å². The number of aliphatic carboxylic acids is 1. The number of imidazole rings is 1. The van der Waals surface area contributed by atoms with E-state index in [0.29, 0.717) is 13.1 Å². The first-order valence-corrected chi connectivity index (χ1v) is 5.69. The minimum absolute atomic E-state index is 0.160. The van der Waals surface area contributed by atoms with Crippen LogP contribution < -0.4 is 5.32 Å². The van der Waals surface area contributed by atoms with Crippen molar-refractivity contribution in [1.82, 2.24) is 14.9 Å². The molecule has 0 aliphatic heterocycles. The van der Waals surface area contributed by atoms with Gasteiger partial charge in [-0.15, -0.1) is 0 Å². The van der Waals surface area contributed by atoms with Gasteiger partial charge in [-0.1, -0.05) is 0 Å². The fourth-order valence-corrected chi connectivity index (χ4v) is 1.63. The summed E-state index contributed by atoms with van der Waals surface area (Å²) in [6.45, 7) is 1.02. The number of amides is 1. The Morgan fingerprint density at radius 2 is 2.32 bits per heavy atom. The van der Waals surface area contributed by atoms with Crippen LogP contribution in [-0.2, 0) is 17.8 Å². The van der Waals surface area contributed by atoms with Crippen molar-refractivity contribution in [2.75, 3.05) is 6.54 Å². The number of carboxylic acid groups (broad SMARTS) is 1. The number of carbonyl (C=O) groups excluding carboxylic acids is 1. The van der Waals surface area contributed by atoms with Gasteiger partial charge in [-0.05, 0) is 6.07 Å². The third kappa shape index (κ3) is 3.44. The lowest BCUT2D eigenvalue weighted by Crippen LogP contribution is -2.27. The van der Waals surface area contributed by atoms with Crippen molar-refractivity contribution in [1.29, 1.82) is 0 Å². The van der Waals surface area contributed by atoms with Crippen LogP contribution in [0.15, 0.2) is 35.5 Å². The molecule has 0 spiro atoms. The molecule has 100 valence electrons. The highest BCUT2D eigenvalue weighted by atomic mass is 16.4. The molecule has 0 saturated heterocycles. The predicted octanol–water partition coefficient (Wildman–Crippen LogP) is 0.533. The fourth-order valence-electron chi connectivity index (χ4n) is 1.63. The van der Waals surface area contributed by atoms with E-state index in [1.807, 2.05) is 4.57 Å². The van der Waals surface area contributed by atoms with Gasteiger partial charge >= 0.3 is 5.97 Å².